The van der Waals surface area contributed by atoms with E-state index in [9.17, 15) is 9.90 Å². The highest BCUT2D eigenvalue weighted by molar-refractivity contribution is 7.19. The van der Waals surface area contributed by atoms with E-state index in [-0.39, 0.29) is 22.9 Å². The third-order valence-corrected chi connectivity index (χ3v) is 4.71. The molecule has 3 aromatic rings. The van der Waals surface area contributed by atoms with Gasteiger partial charge in [-0.25, -0.2) is 4.79 Å². The maximum absolute atomic E-state index is 12.1. The number of nitrogens with one attached hydrogen (secondary N) is 1. The van der Waals surface area contributed by atoms with Crippen LogP contribution in [0.5, 0.6) is 5.75 Å². The van der Waals surface area contributed by atoms with Crippen LogP contribution in [0.25, 0.3) is 0 Å². The van der Waals surface area contributed by atoms with E-state index in [0.717, 1.165) is 22.6 Å². The van der Waals surface area contributed by atoms with E-state index in [1.54, 1.807) is 6.92 Å². The van der Waals surface area contributed by atoms with Gasteiger partial charge in [0.2, 0.25) is 0 Å². The van der Waals surface area contributed by atoms with Gasteiger partial charge in [0.1, 0.15) is 5.00 Å². The normalized spacial score (nSPS) is 10.9. The Morgan fingerprint density at radius 3 is 2.48 bits per heavy atom. The molecule has 27 heavy (non-hydrogen) atoms. The molecule has 1 heterocycles. The molecule has 0 spiro atoms. The number of benzene rings is 2. The summed E-state index contributed by atoms with van der Waals surface area (Å²) < 4.78 is 5.01. The van der Waals surface area contributed by atoms with Crippen molar-refractivity contribution in [1.29, 1.82) is 0 Å². The average molecular weight is 381 g/mol. The number of aromatic hydroxyl groups is 1. The molecule has 2 N–H and O–H groups in total. The molecule has 0 fully saturated rings. The van der Waals surface area contributed by atoms with Gasteiger partial charge in [-0.1, -0.05) is 35.9 Å². The summed E-state index contributed by atoms with van der Waals surface area (Å²) in [5, 5.41) is 22.6. The van der Waals surface area contributed by atoms with Crippen LogP contribution in [0.1, 0.15) is 22.2 Å². The number of ether oxygens (including phenoxy) is 1. The lowest BCUT2D eigenvalue weighted by Crippen LogP contribution is -2.01. The van der Waals surface area contributed by atoms with Crippen molar-refractivity contribution in [3.8, 4) is 5.75 Å². The molecule has 7 heteroatoms. The first kappa shape index (κ1) is 18.6. The Kier molecular flexibility index (Phi) is 5.83. The molecule has 0 atom stereocenters. The Morgan fingerprint density at radius 1 is 1.11 bits per heavy atom. The first-order valence-electron chi connectivity index (χ1n) is 8.42. The summed E-state index contributed by atoms with van der Waals surface area (Å²) in [7, 11) is 0. The zero-order valence-corrected chi connectivity index (χ0v) is 15.8. The summed E-state index contributed by atoms with van der Waals surface area (Å²) in [5.74, 6) is -0.833. The van der Waals surface area contributed by atoms with Gasteiger partial charge in [-0.3, -0.25) is 0 Å². The molecule has 0 aliphatic heterocycles. The number of esters is 1. The zero-order chi connectivity index (χ0) is 19.2. The van der Waals surface area contributed by atoms with Crippen molar-refractivity contribution in [2.45, 2.75) is 13.8 Å². The topological polar surface area (TPSA) is 83.3 Å². The predicted octanol–water partition coefficient (Wildman–Crippen LogP) is 6.10. The number of thiophene rings is 1. The lowest BCUT2D eigenvalue weighted by Gasteiger charge is -2.04. The van der Waals surface area contributed by atoms with Crippen LogP contribution in [-0.2, 0) is 4.74 Å². The predicted molar refractivity (Wildman–Crippen MR) is 107 cm³/mol. The minimum atomic E-state index is -0.590. The maximum Gasteiger partial charge on any atom is 0.352 e. The van der Waals surface area contributed by atoms with Gasteiger partial charge >= 0.3 is 5.97 Å². The number of nitrogens with zero attached hydrogens (tertiary/aromatic N) is 2. The summed E-state index contributed by atoms with van der Waals surface area (Å²) >= 11 is 1.08. The average Bonchev–Trinajstić information content (AvgIpc) is 2.98. The Morgan fingerprint density at radius 2 is 1.81 bits per heavy atom. The molecular weight excluding hydrogens is 362 g/mol. The van der Waals surface area contributed by atoms with Crippen LogP contribution in [0, 0.1) is 6.92 Å². The van der Waals surface area contributed by atoms with E-state index >= 15 is 0 Å². The van der Waals surface area contributed by atoms with Gasteiger partial charge in [0, 0.05) is 5.69 Å². The number of aryl methyl sites for hydroxylation is 1. The number of carbonyl (C=O) groups is 1. The Hall–Kier alpha value is -3.19. The Labute approximate surface area is 161 Å². The minimum Gasteiger partial charge on any atom is -0.504 e. The lowest BCUT2D eigenvalue weighted by molar-refractivity contribution is 0.0529. The molecule has 0 radical (unpaired) electrons. The molecule has 138 valence electrons. The largest absolute Gasteiger partial charge is 0.504 e. The van der Waals surface area contributed by atoms with Crippen molar-refractivity contribution in [2.75, 3.05) is 11.9 Å². The summed E-state index contributed by atoms with van der Waals surface area (Å²) in [6, 6.07) is 16.9. The fraction of sp³-hybridized carbons (Fsp3) is 0.150. The second-order valence-corrected chi connectivity index (χ2v) is 6.73. The zero-order valence-electron chi connectivity index (χ0n) is 15.0. The molecule has 6 nitrogen and oxygen atoms in total. The van der Waals surface area contributed by atoms with Crippen LogP contribution < -0.4 is 5.32 Å². The van der Waals surface area contributed by atoms with Crippen molar-refractivity contribution in [3.63, 3.8) is 0 Å². The molecule has 1 aromatic heterocycles. The second-order valence-electron chi connectivity index (χ2n) is 5.70. The van der Waals surface area contributed by atoms with Gasteiger partial charge in [-0.2, -0.15) is 5.11 Å². The van der Waals surface area contributed by atoms with Crippen LogP contribution in [0.3, 0.4) is 0 Å². The van der Waals surface area contributed by atoms with Crippen molar-refractivity contribution in [2.24, 2.45) is 10.2 Å². The van der Waals surface area contributed by atoms with Gasteiger partial charge in [0.15, 0.2) is 16.3 Å². The molecule has 0 saturated carbocycles. The summed E-state index contributed by atoms with van der Waals surface area (Å²) in [6.07, 6.45) is 0. The van der Waals surface area contributed by atoms with Crippen LogP contribution >= 0.6 is 11.3 Å². The molecular formula is C20H19N3O3S. The third-order valence-electron chi connectivity index (χ3n) is 3.65. The second kappa shape index (κ2) is 8.46. The van der Waals surface area contributed by atoms with Crippen LogP contribution in [0.2, 0.25) is 0 Å². The Balaban J connectivity index is 1.98. The van der Waals surface area contributed by atoms with Gasteiger partial charge < -0.3 is 15.2 Å². The van der Waals surface area contributed by atoms with Crippen molar-refractivity contribution >= 4 is 39.4 Å². The van der Waals surface area contributed by atoms with Crippen LogP contribution in [-0.4, -0.2) is 17.7 Å². The standard InChI is InChI=1S/C20H19N3O3S/c1-3-26-20(25)18-17(24)16(23-22-15-11-9-13(2)10-12-15)19(27-18)21-14-7-5-4-6-8-14/h4-12,21,24H,3H2,1-2H3. The van der Waals surface area contributed by atoms with Gasteiger partial charge in [-0.15, -0.1) is 16.5 Å². The molecule has 0 aliphatic carbocycles. The molecule has 0 aliphatic rings. The molecule has 0 amide bonds. The highest BCUT2D eigenvalue weighted by Crippen LogP contribution is 2.47. The number of anilines is 2. The number of hydrogen-bond acceptors (Lipinski definition) is 7. The fourth-order valence-electron chi connectivity index (χ4n) is 2.30. The van der Waals surface area contributed by atoms with E-state index in [4.69, 9.17) is 4.74 Å². The van der Waals surface area contributed by atoms with Crippen LogP contribution in [0.4, 0.5) is 22.1 Å². The maximum atomic E-state index is 12.1. The minimum absolute atomic E-state index is 0.0909. The van der Waals surface area contributed by atoms with Gasteiger partial charge in [0.05, 0.1) is 12.3 Å². The van der Waals surface area contributed by atoms with Crippen LogP contribution in [0.15, 0.2) is 64.8 Å². The first-order chi connectivity index (χ1) is 13.1. The molecule has 3 rings (SSSR count). The summed E-state index contributed by atoms with van der Waals surface area (Å²) in [6.45, 7) is 3.92. The summed E-state index contributed by atoms with van der Waals surface area (Å²) in [4.78, 5) is 12.2. The van der Waals surface area contributed by atoms with E-state index in [2.05, 4.69) is 15.5 Å². The van der Waals surface area contributed by atoms with Gasteiger partial charge in [-0.05, 0) is 38.1 Å². The smallest absolute Gasteiger partial charge is 0.352 e. The van der Waals surface area contributed by atoms with Gasteiger partial charge in [0.25, 0.3) is 0 Å². The SMILES string of the molecule is CCOC(=O)c1sc(Nc2ccccc2)c(N=Nc2ccc(C)cc2)c1O. The number of para-hydroxylation sites is 1. The molecule has 0 saturated heterocycles. The molecule has 0 bridgehead atoms. The number of rotatable bonds is 6. The van der Waals surface area contributed by atoms with Crippen molar-refractivity contribution < 1.29 is 14.6 Å². The molecule has 0 unspecified atom stereocenters. The number of hydrogen-bond donors (Lipinski definition) is 2. The third kappa shape index (κ3) is 4.51. The lowest BCUT2D eigenvalue weighted by atomic mass is 10.2. The number of azo groups is 1. The highest BCUT2D eigenvalue weighted by Gasteiger charge is 2.24. The fourth-order valence-corrected chi connectivity index (χ4v) is 3.24. The van der Waals surface area contributed by atoms with E-state index in [1.807, 2.05) is 61.5 Å². The quantitative estimate of drug-likeness (QED) is 0.399. The van der Waals surface area contributed by atoms with Crippen molar-refractivity contribution in [3.05, 3.63) is 65.0 Å². The number of carbonyl (C=O) groups excluding carboxylic acids is 1. The van der Waals surface area contributed by atoms with E-state index in [1.165, 1.54) is 0 Å². The first-order valence-corrected chi connectivity index (χ1v) is 9.23. The highest BCUT2D eigenvalue weighted by atomic mass is 32.1. The monoisotopic (exact) mass is 381 g/mol. The van der Waals surface area contributed by atoms with E-state index < -0.39 is 5.97 Å². The van der Waals surface area contributed by atoms with E-state index in [0.29, 0.717) is 10.7 Å². The molecule has 2 aromatic carbocycles. The summed E-state index contributed by atoms with van der Waals surface area (Å²) in [5.41, 5.74) is 2.77. The Bertz CT molecular complexity index is 951. The van der Waals surface area contributed by atoms with Crippen molar-refractivity contribution in [1.82, 2.24) is 0 Å².